The fraction of sp³-hybridized carbons (Fsp3) is 0.447. The highest BCUT2D eigenvalue weighted by Gasteiger charge is 2.54. The molecule has 1 aliphatic carbocycles. The molecule has 8 N–H and O–H groups in total. The Bertz CT molecular complexity index is 2280. The van der Waals surface area contributed by atoms with Gasteiger partial charge in [0, 0.05) is 38.9 Å². The number of aliphatic hydroxyl groups excluding tert-OH is 1. The highest BCUT2D eigenvalue weighted by atomic mass is 16.7. The number of anilines is 1. The quantitative estimate of drug-likeness (QED) is 0.0486. The number of nitrogens with two attached hydrogens (primary N) is 1. The molecule has 0 spiro atoms. The van der Waals surface area contributed by atoms with Gasteiger partial charge in [0.15, 0.2) is 24.4 Å². The molecule has 20 heteroatoms. The van der Waals surface area contributed by atoms with Gasteiger partial charge in [-0.25, -0.2) is 14.4 Å². The Hall–Kier alpha value is -7.06. The first-order valence-electron chi connectivity index (χ1n) is 21.8. The van der Waals surface area contributed by atoms with E-state index in [1.54, 1.807) is 13.8 Å². The molecule has 3 aromatic carbocycles. The largest absolute Gasteiger partial charge is 0.479 e. The van der Waals surface area contributed by atoms with Gasteiger partial charge in [-0.05, 0) is 77.1 Å². The van der Waals surface area contributed by atoms with Crippen LogP contribution in [0.4, 0.5) is 15.3 Å². The molecule has 0 aromatic heterocycles. The molecule has 5 amide bonds. The minimum atomic E-state index is -1.83. The van der Waals surface area contributed by atoms with E-state index in [0.717, 1.165) is 43.0 Å². The highest BCUT2D eigenvalue weighted by molar-refractivity contribution is 5.98. The van der Waals surface area contributed by atoms with Crippen LogP contribution in [0.3, 0.4) is 0 Å². The van der Waals surface area contributed by atoms with Crippen molar-refractivity contribution in [3.63, 3.8) is 0 Å². The number of aliphatic carboxylic acids is 1. The molecule has 0 bridgehead atoms. The number of carbonyl (C=O) groups is 8. The molecule has 0 radical (unpaired) electrons. The fourth-order valence-electron chi connectivity index (χ4n) is 8.29. The minimum Gasteiger partial charge on any atom is -0.479 e. The Morgan fingerprint density at radius 2 is 1.36 bits per heavy atom. The number of hydrogen-bond donors (Lipinski definition) is 7. The van der Waals surface area contributed by atoms with Crippen molar-refractivity contribution in [1.82, 2.24) is 16.0 Å². The molecule has 5 rings (SSSR count). The van der Waals surface area contributed by atoms with Crippen LogP contribution in [0.25, 0.3) is 11.1 Å². The van der Waals surface area contributed by atoms with Gasteiger partial charge in [-0.1, -0.05) is 68.4 Å². The fourth-order valence-corrected chi connectivity index (χ4v) is 8.29. The zero-order chi connectivity index (χ0) is 48.9. The van der Waals surface area contributed by atoms with Crippen LogP contribution in [0.1, 0.15) is 82.1 Å². The first-order chi connectivity index (χ1) is 31.9. The summed E-state index contributed by atoms with van der Waals surface area (Å²) in [6, 6.07) is 17.2. The number of primary amides is 1. The number of hydrogen-bond acceptors (Lipinski definition) is 14. The molecule has 360 valence electrons. The first kappa shape index (κ1) is 50.9. The topological polar surface area (TPSA) is 297 Å². The molecule has 1 heterocycles. The van der Waals surface area contributed by atoms with Gasteiger partial charge in [-0.15, -0.1) is 0 Å². The number of amides is 5. The number of urea groups is 1. The van der Waals surface area contributed by atoms with E-state index in [0.29, 0.717) is 11.1 Å². The van der Waals surface area contributed by atoms with Gasteiger partial charge in [0.1, 0.15) is 18.7 Å². The number of alkyl carbamates (subject to hydrolysis) is 1. The summed E-state index contributed by atoms with van der Waals surface area (Å²) in [5.74, 6) is -6.18. The van der Waals surface area contributed by atoms with E-state index < -0.39 is 103 Å². The molecule has 7 atom stereocenters. The number of carbonyl (C=O) groups excluding carboxylic acids is 7. The van der Waals surface area contributed by atoms with Crippen LogP contribution in [0.15, 0.2) is 66.7 Å². The number of aliphatic hydroxyl groups is 1. The molecule has 1 saturated heterocycles. The lowest BCUT2D eigenvalue weighted by atomic mass is 9.90. The number of rotatable bonds is 20. The summed E-state index contributed by atoms with van der Waals surface area (Å²) in [6.07, 6.45) is -8.41. The normalized spacial score (nSPS) is 19.4. The van der Waals surface area contributed by atoms with Crippen molar-refractivity contribution in [2.24, 2.45) is 11.7 Å². The minimum absolute atomic E-state index is 0.00982. The van der Waals surface area contributed by atoms with Crippen LogP contribution in [0.2, 0.25) is 0 Å². The maximum Gasteiger partial charge on any atom is 0.407 e. The molecule has 67 heavy (non-hydrogen) atoms. The van der Waals surface area contributed by atoms with E-state index >= 15 is 0 Å². The zero-order valence-electron chi connectivity index (χ0n) is 37.8. The predicted octanol–water partition coefficient (Wildman–Crippen LogP) is 3.19. The predicted molar refractivity (Wildman–Crippen MR) is 238 cm³/mol. The second-order valence-electron chi connectivity index (χ2n) is 16.5. The zero-order valence-corrected chi connectivity index (χ0v) is 37.8. The van der Waals surface area contributed by atoms with Crippen LogP contribution in [0.5, 0.6) is 0 Å². The number of aryl methyl sites for hydroxylation is 1. The van der Waals surface area contributed by atoms with E-state index in [2.05, 4.69) is 21.3 Å². The molecule has 20 nitrogen and oxygen atoms in total. The number of ether oxygens (including phenoxy) is 5. The monoisotopic (exact) mass is 931 g/mol. The van der Waals surface area contributed by atoms with Crippen LogP contribution in [-0.4, -0.2) is 114 Å². The van der Waals surface area contributed by atoms with Gasteiger partial charge in [-0.3, -0.25) is 24.0 Å². The lowest BCUT2D eigenvalue weighted by Gasteiger charge is -2.43. The highest BCUT2D eigenvalue weighted by Crippen LogP contribution is 2.44. The SMILES string of the molecule is CC(=O)O[C@@H]1[C@@H](OC(C)=O)[C@H](CCc2cc(NC(=O)[C@H](CCCNC(N)=O)NC(=O)[C@@H](NC(=O)OCC3c4ccccc4-c4ccccc43)C(C)C)ccc2CO)O[C@H](C(=O)O)[C@H]1OC(C)=O. The summed E-state index contributed by atoms with van der Waals surface area (Å²) >= 11 is 0. The van der Waals surface area contributed by atoms with E-state index in [4.69, 9.17) is 29.4 Å². The van der Waals surface area contributed by atoms with Crippen molar-refractivity contribution in [2.75, 3.05) is 18.5 Å². The second kappa shape index (κ2) is 23.4. The Balaban J connectivity index is 1.30. The molecule has 1 fully saturated rings. The number of carboxylic acid groups (broad SMARTS) is 1. The van der Waals surface area contributed by atoms with E-state index in [1.165, 1.54) is 18.2 Å². The molecule has 2 aliphatic rings. The van der Waals surface area contributed by atoms with Gasteiger partial charge >= 0.3 is 36.0 Å². The van der Waals surface area contributed by atoms with Crippen molar-refractivity contribution in [3.05, 3.63) is 89.0 Å². The third-order valence-electron chi connectivity index (χ3n) is 11.3. The summed E-state index contributed by atoms with van der Waals surface area (Å²) in [5.41, 5.74) is 10.4. The Kier molecular flexibility index (Phi) is 17.8. The number of benzene rings is 3. The van der Waals surface area contributed by atoms with Crippen LogP contribution >= 0.6 is 0 Å². The molecular formula is C47H57N5O15. The molecule has 1 aliphatic heterocycles. The average molecular weight is 932 g/mol. The Morgan fingerprint density at radius 3 is 1.93 bits per heavy atom. The number of esters is 3. The summed E-state index contributed by atoms with van der Waals surface area (Å²) in [4.78, 5) is 101. The molecule has 0 saturated carbocycles. The van der Waals surface area contributed by atoms with Crippen LogP contribution in [0, 0.1) is 5.92 Å². The Morgan fingerprint density at radius 1 is 0.761 bits per heavy atom. The lowest BCUT2D eigenvalue weighted by Crippen LogP contribution is -2.63. The maximum absolute atomic E-state index is 14.0. The molecule has 3 aromatic rings. The van der Waals surface area contributed by atoms with Gasteiger partial charge in [0.25, 0.3) is 0 Å². The maximum atomic E-state index is 14.0. The van der Waals surface area contributed by atoms with Gasteiger partial charge in [-0.2, -0.15) is 0 Å². The molecular weight excluding hydrogens is 875 g/mol. The first-order valence-corrected chi connectivity index (χ1v) is 21.8. The number of carboxylic acids is 1. The van der Waals surface area contributed by atoms with Gasteiger partial charge in [0.2, 0.25) is 11.8 Å². The third kappa shape index (κ3) is 13.5. The second-order valence-corrected chi connectivity index (χ2v) is 16.5. The van der Waals surface area contributed by atoms with Crippen molar-refractivity contribution in [3.8, 4) is 11.1 Å². The summed E-state index contributed by atoms with van der Waals surface area (Å²) < 4.78 is 27.6. The van der Waals surface area contributed by atoms with E-state index in [1.807, 2.05) is 48.5 Å². The standard InChI is InChI=1S/C47H57N5O15/c1-24(2)38(52-47(62)63-23-35-33-13-8-6-11-31(33)32-12-7-9-14-34(32)35)44(58)51-36(15-10-20-49-46(48)61)43(57)50-30-18-16-29(22-53)28(21-30)17-19-37-39(64-25(3)54)40(65-26(4)55)41(66-27(5)56)42(67-37)45(59)60/h6-9,11-14,16,18,21,24,35-42,53H,10,15,17,19-20,22-23H2,1-5H3,(H,50,57)(H,51,58)(H,52,62)(H,59,60)(H3,48,49,61)/t36-,37-,38-,39-,40+,41-,42-/m0/s1. The lowest BCUT2D eigenvalue weighted by molar-refractivity contribution is -0.248. The van der Waals surface area contributed by atoms with E-state index in [9.17, 15) is 48.6 Å². The Labute approximate surface area is 386 Å². The smallest absolute Gasteiger partial charge is 0.407 e. The van der Waals surface area contributed by atoms with Gasteiger partial charge < -0.3 is 60.9 Å². The van der Waals surface area contributed by atoms with Crippen molar-refractivity contribution in [2.45, 2.75) is 115 Å². The van der Waals surface area contributed by atoms with Crippen LogP contribution in [-0.2, 0) is 65.5 Å². The van der Waals surface area contributed by atoms with E-state index in [-0.39, 0.29) is 50.4 Å². The van der Waals surface area contributed by atoms with Crippen molar-refractivity contribution >= 4 is 53.5 Å². The summed E-state index contributed by atoms with van der Waals surface area (Å²) in [5, 5.41) is 30.9. The summed E-state index contributed by atoms with van der Waals surface area (Å²) in [7, 11) is 0. The van der Waals surface area contributed by atoms with Crippen LogP contribution < -0.4 is 27.0 Å². The van der Waals surface area contributed by atoms with Crippen molar-refractivity contribution < 1.29 is 72.3 Å². The third-order valence-corrected chi connectivity index (χ3v) is 11.3. The van der Waals surface area contributed by atoms with Gasteiger partial charge in [0.05, 0.1) is 12.7 Å². The number of fused-ring (bicyclic) bond motifs is 3. The summed E-state index contributed by atoms with van der Waals surface area (Å²) in [6.45, 7) is 6.21. The average Bonchev–Trinajstić information content (AvgIpc) is 3.59. The molecule has 0 unspecified atom stereocenters. The number of nitrogens with one attached hydrogen (secondary N) is 4. The van der Waals surface area contributed by atoms with Crippen molar-refractivity contribution in [1.29, 1.82) is 0 Å².